The van der Waals surface area contributed by atoms with Crippen molar-refractivity contribution in [2.45, 2.75) is 13.2 Å². The fourth-order valence-corrected chi connectivity index (χ4v) is 4.60. The van der Waals surface area contributed by atoms with Crippen LogP contribution in [0.2, 0.25) is 0 Å². The number of amides is 2. The molecule has 3 aromatic rings. The van der Waals surface area contributed by atoms with Crippen LogP contribution in [0.5, 0.6) is 5.75 Å². The molecule has 1 fully saturated rings. The maximum absolute atomic E-state index is 13.0. The molecule has 1 aliphatic rings. The van der Waals surface area contributed by atoms with Gasteiger partial charge >= 0.3 is 0 Å². The Bertz CT molecular complexity index is 1400. The van der Waals surface area contributed by atoms with Crippen LogP contribution in [-0.4, -0.2) is 16.0 Å². The molecule has 1 saturated heterocycles. The number of thioether (sulfide) groups is 1. The topological polar surface area (TPSA) is 94.2 Å². The number of carbonyl (C=O) groups is 2. The number of halogens is 1. The fourth-order valence-electron chi connectivity index (χ4n) is 3.39. The van der Waals surface area contributed by atoms with Crippen LogP contribution in [0.25, 0.3) is 6.08 Å². The van der Waals surface area contributed by atoms with Crippen molar-refractivity contribution < 1.29 is 14.3 Å². The third-order valence-corrected chi connectivity index (χ3v) is 6.52. The smallest absolute Gasteiger partial charge is 0.293 e. The first-order valence-corrected chi connectivity index (χ1v) is 11.7. The predicted molar refractivity (Wildman–Crippen MR) is 132 cm³/mol. The molecule has 0 atom stereocenters. The molecule has 0 bridgehead atoms. The summed E-state index contributed by atoms with van der Waals surface area (Å²) in [6.07, 6.45) is 1.62. The zero-order valence-electron chi connectivity index (χ0n) is 17.7. The second-order valence-electron chi connectivity index (χ2n) is 7.28. The maximum atomic E-state index is 13.0. The molecule has 1 aliphatic heterocycles. The van der Waals surface area contributed by atoms with E-state index in [0.717, 1.165) is 26.7 Å². The number of imide groups is 1. The summed E-state index contributed by atoms with van der Waals surface area (Å²) in [6, 6.07) is 23.7. The molecule has 8 heteroatoms. The van der Waals surface area contributed by atoms with E-state index in [1.165, 1.54) is 0 Å². The van der Waals surface area contributed by atoms with Crippen LogP contribution in [0, 0.1) is 22.7 Å². The Hall–Kier alpha value is -3.85. The molecule has 0 radical (unpaired) electrons. The molecule has 3 aromatic carbocycles. The third-order valence-electron chi connectivity index (χ3n) is 5.12. The number of nitrogens with zero attached hydrogens (tertiary/aromatic N) is 3. The SMILES string of the molecule is N#Cc1ccccc1COc1ccc(Br)cc1/C=C1/SC(=O)N(Cc2ccccc2C#N)C1=O. The van der Waals surface area contributed by atoms with Gasteiger partial charge in [0.05, 0.1) is 34.7 Å². The van der Waals surface area contributed by atoms with E-state index in [9.17, 15) is 20.1 Å². The monoisotopic (exact) mass is 529 g/mol. The number of hydrogen-bond acceptors (Lipinski definition) is 6. The van der Waals surface area contributed by atoms with Crippen molar-refractivity contribution in [3.63, 3.8) is 0 Å². The number of benzene rings is 3. The fraction of sp³-hybridized carbons (Fsp3) is 0.0769. The molecule has 1 heterocycles. The molecular weight excluding hydrogens is 514 g/mol. The highest BCUT2D eigenvalue weighted by Gasteiger charge is 2.35. The van der Waals surface area contributed by atoms with E-state index >= 15 is 0 Å². The molecule has 0 saturated carbocycles. The lowest BCUT2D eigenvalue weighted by atomic mass is 10.1. The zero-order chi connectivity index (χ0) is 24.1. The van der Waals surface area contributed by atoms with Crippen molar-refractivity contribution in [1.82, 2.24) is 4.90 Å². The van der Waals surface area contributed by atoms with E-state index in [0.29, 0.717) is 28.0 Å². The van der Waals surface area contributed by atoms with E-state index in [4.69, 9.17) is 4.74 Å². The summed E-state index contributed by atoms with van der Waals surface area (Å²) in [5, 5.41) is 18.2. The molecule has 0 aliphatic carbocycles. The second-order valence-corrected chi connectivity index (χ2v) is 9.19. The lowest BCUT2D eigenvalue weighted by molar-refractivity contribution is -0.123. The number of carbonyl (C=O) groups excluding carboxylic acids is 2. The van der Waals surface area contributed by atoms with E-state index < -0.39 is 11.1 Å². The van der Waals surface area contributed by atoms with Gasteiger partial charge in [-0.1, -0.05) is 52.3 Å². The van der Waals surface area contributed by atoms with Gasteiger partial charge in [-0.15, -0.1) is 0 Å². The van der Waals surface area contributed by atoms with E-state index in [-0.39, 0.29) is 18.1 Å². The van der Waals surface area contributed by atoms with Crippen LogP contribution in [0.3, 0.4) is 0 Å². The Kier molecular flexibility index (Phi) is 7.12. The molecule has 2 amide bonds. The van der Waals surface area contributed by atoms with Crippen molar-refractivity contribution in [1.29, 1.82) is 10.5 Å². The quantitative estimate of drug-likeness (QED) is 0.363. The molecule has 166 valence electrons. The first kappa shape index (κ1) is 23.3. The Morgan fingerprint density at radius 2 is 1.59 bits per heavy atom. The van der Waals surface area contributed by atoms with Crippen molar-refractivity contribution in [2.24, 2.45) is 0 Å². The van der Waals surface area contributed by atoms with Gasteiger partial charge in [0.2, 0.25) is 0 Å². The summed E-state index contributed by atoms with van der Waals surface area (Å²) in [6.45, 7) is 0.206. The van der Waals surface area contributed by atoms with Gasteiger partial charge in [-0.3, -0.25) is 14.5 Å². The first-order valence-electron chi connectivity index (χ1n) is 10.1. The van der Waals surface area contributed by atoms with E-state index in [1.54, 1.807) is 54.6 Å². The van der Waals surface area contributed by atoms with Crippen molar-refractivity contribution in [2.75, 3.05) is 0 Å². The molecule has 0 N–H and O–H groups in total. The van der Waals surface area contributed by atoms with Crippen LogP contribution in [0.4, 0.5) is 4.79 Å². The predicted octanol–water partition coefficient (Wildman–Crippen LogP) is 6.01. The number of hydrogen-bond donors (Lipinski definition) is 0. The van der Waals surface area contributed by atoms with Gasteiger partial charge in [-0.05, 0) is 53.7 Å². The van der Waals surface area contributed by atoms with Gasteiger partial charge in [0.25, 0.3) is 11.1 Å². The van der Waals surface area contributed by atoms with Gasteiger partial charge in [-0.25, -0.2) is 0 Å². The normalized spacial score (nSPS) is 14.2. The van der Waals surface area contributed by atoms with Gasteiger partial charge in [0.1, 0.15) is 12.4 Å². The average molecular weight is 530 g/mol. The van der Waals surface area contributed by atoms with Crippen LogP contribution >= 0.6 is 27.7 Å². The Morgan fingerprint density at radius 3 is 2.29 bits per heavy atom. The van der Waals surface area contributed by atoms with Crippen LogP contribution in [0.15, 0.2) is 76.1 Å². The highest BCUT2D eigenvalue weighted by Crippen LogP contribution is 2.36. The minimum absolute atomic E-state index is 0.0263. The van der Waals surface area contributed by atoms with Crippen molar-refractivity contribution >= 4 is 44.9 Å². The summed E-state index contributed by atoms with van der Waals surface area (Å²) in [5.74, 6) is 0.0843. The lowest BCUT2D eigenvalue weighted by Gasteiger charge is -2.13. The van der Waals surface area contributed by atoms with Gasteiger partial charge in [-0.2, -0.15) is 10.5 Å². The summed E-state index contributed by atoms with van der Waals surface area (Å²) in [4.78, 5) is 27.0. The van der Waals surface area contributed by atoms with Crippen molar-refractivity contribution in [3.05, 3.63) is 104 Å². The Labute approximate surface area is 209 Å². The van der Waals surface area contributed by atoms with Gasteiger partial charge in [0.15, 0.2) is 0 Å². The van der Waals surface area contributed by atoms with Crippen molar-refractivity contribution in [3.8, 4) is 17.9 Å². The molecule has 4 rings (SSSR count). The van der Waals surface area contributed by atoms with Gasteiger partial charge < -0.3 is 4.74 Å². The highest BCUT2D eigenvalue weighted by molar-refractivity contribution is 9.10. The van der Waals surface area contributed by atoms with Crippen LogP contribution in [0.1, 0.15) is 27.8 Å². The largest absolute Gasteiger partial charge is 0.488 e. The third kappa shape index (κ3) is 5.04. The van der Waals surface area contributed by atoms with Crippen LogP contribution < -0.4 is 4.74 Å². The number of rotatable bonds is 6. The average Bonchev–Trinajstić information content (AvgIpc) is 3.11. The molecule has 34 heavy (non-hydrogen) atoms. The first-order chi connectivity index (χ1) is 16.5. The number of nitriles is 2. The Balaban J connectivity index is 1.58. The number of ether oxygens (including phenoxy) is 1. The standard InChI is InChI=1S/C26H16BrN3O3S/c27-22-9-10-23(33-16-20-8-4-2-6-18(20)14-29)21(11-22)12-24-25(31)30(26(32)34-24)15-19-7-3-1-5-17(19)13-28/h1-12H,15-16H2/b24-12+. The van der Waals surface area contributed by atoms with E-state index in [2.05, 4.69) is 28.1 Å². The highest BCUT2D eigenvalue weighted by atomic mass is 79.9. The molecule has 0 spiro atoms. The zero-order valence-corrected chi connectivity index (χ0v) is 20.1. The minimum Gasteiger partial charge on any atom is -0.488 e. The van der Waals surface area contributed by atoms with Gasteiger partial charge in [0, 0.05) is 15.6 Å². The lowest BCUT2D eigenvalue weighted by Crippen LogP contribution is -2.27. The summed E-state index contributed by atoms with van der Waals surface area (Å²) >= 11 is 4.28. The molecule has 0 aromatic heterocycles. The summed E-state index contributed by atoms with van der Waals surface area (Å²) in [7, 11) is 0. The summed E-state index contributed by atoms with van der Waals surface area (Å²) in [5.41, 5.74) is 2.92. The van der Waals surface area contributed by atoms with Crippen LogP contribution in [-0.2, 0) is 17.9 Å². The summed E-state index contributed by atoms with van der Waals surface area (Å²) < 4.78 is 6.76. The molecule has 6 nitrogen and oxygen atoms in total. The second kappa shape index (κ2) is 10.4. The molecular formula is C26H16BrN3O3S. The Morgan fingerprint density at radius 1 is 0.941 bits per heavy atom. The molecule has 0 unspecified atom stereocenters. The van der Waals surface area contributed by atoms with E-state index in [1.807, 2.05) is 18.2 Å². The maximum Gasteiger partial charge on any atom is 0.293 e. The minimum atomic E-state index is -0.427.